The Bertz CT molecular complexity index is 651. The van der Waals surface area contributed by atoms with Crippen LogP contribution >= 0.6 is 0 Å². The molecular weight excluding hydrogens is 300 g/mol. The van der Waals surface area contributed by atoms with E-state index in [0.717, 1.165) is 37.8 Å². The van der Waals surface area contributed by atoms with Crippen molar-refractivity contribution in [1.82, 2.24) is 19.8 Å². The van der Waals surface area contributed by atoms with E-state index in [1.165, 1.54) is 0 Å². The number of hydrogen-bond acceptors (Lipinski definition) is 6. The van der Waals surface area contributed by atoms with Crippen LogP contribution in [-0.4, -0.2) is 46.2 Å². The monoisotopic (exact) mass is 320 g/mol. The lowest BCUT2D eigenvalue weighted by Crippen LogP contribution is -2.33. The quantitative estimate of drug-likeness (QED) is 0.841. The summed E-state index contributed by atoms with van der Waals surface area (Å²) in [4.78, 5) is 17.4. The van der Waals surface area contributed by atoms with Gasteiger partial charge in [0.05, 0.1) is 37.1 Å². The topological polar surface area (TPSA) is 38.7 Å². The van der Waals surface area contributed by atoms with Crippen LogP contribution in [-0.2, 0) is 0 Å². The van der Waals surface area contributed by atoms with Crippen LogP contribution < -0.4 is 9.80 Å². The molecule has 0 N–H and O–H groups in total. The van der Waals surface area contributed by atoms with E-state index >= 15 is 0 Å². The molecule has 2 aromatic rings. The van der Waals surface area contributed by atoms with Gasteiger partial charge in [-0.25, -0.2) is 0 Å². The maximum absolute atomic E-state index is 4.18. The summed E-state index contributed by atoms with van der Waals surface area (Å²) in [5.41, 5.74) is 2.25. The van der Waals surface area contributed by atoms with Crippen LogP contribution in [0.5, 0.6) is 0 Å². The maximum Gasteiger partial charge on any atom is 0.0943 e. The molecule has 24 heavy (non-hydrogen) atoms. The van der Waals surface area contributed by atoms with Crippen LogP contribution in [0.2, 0.25) is 0 Å². The second-order valence-corrected chi connectivity index (χ2v) is 5.87. The van der Waals surface area contributed by atoms with Gasteiger partial charge >= 0.3 is 0 Å². The summed E-state index contributed by atoms with van der Waals surface area (Å²) in [6.07, 6.45) is 15.9. The predicted molar refractivity (Wildman–Crippen MR) is 94.9 cm³/mol. The number of anilines is 2. The Morgan fingerprint density at radius 3 is 1.62 bits per heavy atom. The molecule has 0 spiro atoms. The molecule has 0 unspecified atom stereocenters. The Balaban J connectivity index is 1.26. The molecule has 6 heteroatoms. The van der Waals surface area contributed by atoms with Gasteiger partial charge in [-0.3, -0.25) is 9.97 Å². The second-order valence-electron chi connectivity index (χ2n) is 5.87. The Kier molecular flexibility index (Phi) is 4.02. The molecule has 0 saturated heterocycles. The molecule has 2 aliphatic heterocycles. The van der Waals surface area contributed by atoms with E-state index < -0.39 is 0 Å². The molecule has 0 aromatic carbocycles. The molecule has 122 valence electrons. The van der Waals surface area contributed by atoms with Crippen molar-refractivity contribution in [2.45, 2.75) is 0 Å². The first-order valence-electron chi connectivity index (χ1n) is 8.06. The smallest absolute Gasteiger partial charge is 0.0943 e. The summed E-state index contributed by atoms with van der Waals surface area (Å²) >= 11 is 0. The van der Waals surface area contributed by atoms with Crippen LogP contribution in [0.25, 0.3) is 0 Å². The largest absolute Gasteiger partial charge is 0.356 e. The van der Waals surface area contributed by atoms with E-state index in [2.05, 4.69) is 66.5 Å². The lowest BCUT2D eigenvalue weighted by Gasteiger charge is -2.25. The summed E-state index contributed by atoms with van der Waals surface area (Å²) in [6.45, 7) is 3.71. The normalized spacial score (nSPS) is 16.5. The molecule has 4 rings (SSSR count). The van der Waals surface area contributed by atoms with Crippen LogP contribution in [0.4, 0.5) is 11.4 Å². The highest BCUT2D eigenvalue weighted by molar-refractivity contribution is 5.48. The van der Waals surface area contributed by atoms with Crippen LogP contribution in [0, 0.1) is 0 Å². The third-order valence-corrected chi connectivity index (χ3v) is 4.21. The summed E-state index contributed by atoms with van der Waals surface area (Å²) in [5, 5.41) is 0. The maximum atomic E-state index is 4.18. The molecule has 2 aromatic heterocycles. The van der Waals surface area contributed by atoms with Crippen molar-refractivity contribution in [2.24, 2.45) is 0 Å². The van der Waals surface area contributed by atoms with E-state index in [-0.39, 0.29) is 0 Å². The zero-order valence-electron chi connectivity index (χ0n) is 13.4. The Morgan fingerprint density at radius 2 is 1.21 bits per heavy atom. The summed E-state index contributed by atoms with van der Waals surface area (Å²) in [5.74, 6) is 0. The minimum absolute atomic E-state index is 0.871. The fourth-order valence-corrected chi connectivity index (χ4v) is 2.86. The number of pyridine rings is 2. The van der Waals surface area contributed by atoms with Gasteiger partial charge in [-0.15, -0.1) is 0 Å². The standard InChI is InChI=1S/C18H20N6/c1-3-17(13-19-5-1)23-11-9-21(15-23)7-8-22-10-12-24(16-22)18-4-2-6-20-14-18/h1-6,9-14H,7-8,15-16H2. The van der Waals surface area contributed by atoms with Gasteiger partial charge in [-0.2, -0.15) is 0 Å². The third kappa shape index (κ3) is 3.17. The van der Waals surface area contributed by atoms with Crippen LogP contribution in [0.15, 0.2) is 73.9 Å². The summed E-state index contributed by atoms with van der Waals surface area (Å²) in [7, 11) is 0. The van der Waals surface area contributed by atoms with Gasteiger partial charge < -0.3 is 19.6 Å². The van der Waals surface area contributed by atoms with Gasteiger partial charge in [0.2, 0.25) is 0 Å². The molecule has 0 saturated carbocycles. The van der Waals surface area contributed by atoms with Crippen molar-refractivity contribution in [3.05, 3.63) is 73.9 Å². The van der Waals surface area contributed by atoms with Crippen molar-refractivity contribution >= 4 is 11.4 Å². The lowest BCUT2D eigenvalue weighted by atomic mass is 10.4. The van der Waals surface area contributed by atoms with E-state index in [9.17, 15) is 0 Å². The fourth-order valence-electron chi connectivity index (χ4n) is 2.86. The molecule has 0 fully saturated rings. The van der Waals surface area contributed by atoms with Gasteiger partial charge in [0, 0.05) is 50.3 Å². The third-order valence-electron chi connectivity index (χ3n) is 4.21. The van der Waals surface area contributed by atoms with Crippen molar-refractivity contribution < 1.29 is 0 Å². The Morgan fingerprint density at radius 1 is 0.708 bits per heavy atom. The second kappa shape index (κ2) is 6.62. The number of hydrogen-bond donors (Lipinski definition) is 0. The molecular formula is C18H20N6. The molecule has 0 bridgehead atoms. The van der Waals surface area contributed by atoms with Gasteiger partial charge in [-0.05, 0) is 24.3 Å². The van der Waals surface area contributed by atoms with Gasteiger partial charge in [-0.1, -0.05) is 0 Å². The molecule has 4 heterocycles. The van der Waals surface area contributed by atoms with Crippen molar-refractivity contribution in [1.29, 1.82) is 0 Å². The van der Waals surface area contributed by atoms with Crippen molar-refractivity contribution in [3.63, 3.8) is 0 Å². The molecule has 6 nitrogen and oxygen atoms in total. The van der Waals surface area contributed by atoms with E-state index in [1.54, 1.807) is 12.4 Å². The van der Waals surface area contributed by atoms with Crippen molar-refractivity contribution in [2.75, 3.05) is 36.2 Å². The highest BCUT2D eigenvalue weighted by atomic mass is 15.4. The van der Waals surface area contributed by atoms with E-state index in [0.29, 0.717) is 0 Å². The zero-order valence-corrected chi connectivity index (χ0v) is 13.4. The highest BCUT2D eigenvalue weighted by Gasteiger charge is 2.17. The zero-order chi connectivity index (χ0) is 16.2. The average Bonchev–Trinajstić information content (AvgIpc) is 3.31. The fraction of sp³-hybridized carbons (Fsp3) is 0.222. The molecule has 0 aliphatic carbocycles. The Hall–Kier alpha value is -3.02. The summed E-state index contributed by atoms with van der Waals surface area (Å²) < 4.78 is 0. The van der Waals surface area contributed by atoms with Crippen molar-refractivity contribution in [3.8, 4) is 0 Å². The van der Waals surface area contributed by atoms with E-state index in [4.69, 9.17) is 0 Å². The molecule has 0 amide bonds. The SMILES string of the molecule is C1=CN(c2cccnc2)CN1CCN1C=CN(c2cccnc2)C1. The minimum Gasteiger partial charge on any atom is -0.356 e. The molecule has 0 atom stereocenters. The first kappa shape index (κ1) is 14.6. The first-order valence-corrected chi connectivity index (χ1v) is 8.06. The van der Waals surface area contributed by atoms with Crippen LogP contribution in [0.3, 0.4) is 0 Å². The molecule has 2 aliphatic rings. The Labute approximate surface area is 141 Å². The number of nitrogens with zero attached hydrogens (tertiary/aromatic N) is 6. The minimum atomic E-state index is 0.871. The van der Waals surface area contributed by atoms with Gasteiger partial charge in [0.15, 0.2) is 0 Å². The lowest BCUT2D eigenvalue weighted by molar-refractivity contribution is 0.322. The number of rotatable bonds is 5. The van der Waals surface area contributed by atoms with E-state index in [1.807, 2.05) is 24.5 Å². The van der Waals surface area contributed by atoms with Gasteiger partial charge in [0.25, 0.3) is 0 Å². The summed E-state index contributed by atoms with van der Waals surface area (Å²) in [6, 6.07) is 8.09. The first-order chi connectivity index (χ1) is 11.9. The highest BCUT2D eigenvalue weighted by Crippen LogP contribution is 2.19. The van der Waals surface area contributed by atoms with Gasteiger partial charge in [0.1, 0.15) is 0 Å². The molecule has 0 radical (unpaired) electrons. The van der Waals surface area contributed by atoms with Crippen LogP contribution in [0.1, 0.15) is 0 Å². The average molecular weight is 320 g/mol. The number of aromatic nitrogens is 2. The predicted octanol–water partition coefficient (Wildman–Crippen LogP) is 2.28.